The van der Waals surface area contributed by atoms with E-state index in [1.165, 1.54) is 30.8 Å². The van der Waals surface area contributed by atoms with Gasteiger partial charge in [-0.1, -0.05) is 0 Å². The molecule has 0 aromatic rings. The molecule has 1 saturated heterocycles. The van der Waals surface area contributed by atoms with Crippen LogP contribution < -0.4 is 5.32 Å². The first-order valence-electron chi connectivity index (χ1n) is 9.85. The van der Waals surface area contributed by atoms with Crippen LogP contribution in [0.2, 0.25) is 0 Å². The molecule has 1 fully saturated rings. The molecular weight excluding hydrogens is 394 g/mol. The van der Waals surface area contributed by atoms with Crippen LogP contribution in [0.15, 0.2) is 0 Å². The van der Waals surface area contributed by atoms with Crippen LogP contribution in [0.4, 0.5) is 9.59 Å². The molecule has 1 atom stereocenters. The van der Waals surface area contributed by atoms with Gasteiger partial charge in [0.25, 0.3) is 0 Å². The van der Waals surface area contributed by atoms with Crippen molar-refractivity contribution in [1.82, 2.24) is 15.1 Å². The van der Waals surface area contributed by atoms with Gasteiger partial charge in [0.1, 0.15) is 22.8 Å². The Morgan fingerprint density at radius 1 is 0.833 bits per heavy atom. The lowest BCUT2D eigenvalue weighted by molar-refractivity contribution is -0.150. The predicted octanol–water partition coefficient (Wildman–Crippen LogP) is 1.91. The zero-order valence-electron chi connectivity index (χ0n) is 19.5. The fraction of sp³-hybridized carbons (Fsp3) is 0.800. The predicted molar refractivity (Wildman–Crippen MR) is 109 cm³/mol. The first kappa shape index (κ1) is 25.5. The lowest BCUT2D eigenvalue weighted by Gasteiger charge is -2.41. The van der Waals surface area contributed by atoms with E-state index in [4.69, 9.17) is 14.2 Å². The highest BCUT2D eigenvalue weighted by Crippen LogP contribution is 2.19. The Morgan fingerprint density at radius 3 is 1.80 bits per heavy atom. The lowest BCUT2D eigenvalue weighted by atomic mass is 10.0. The summed E-state index contributed by atoms with van der Waals surface area (Å²) in [5.74, 6) is -1.25. The van der Waals surface area contributed by atoms with E-state index in [2.05, 4.69) is 5.32 Å². The number of hydrogen-bond donors (Lipinski definition) is 1. The quantitative estimate of drug-likeness (QED) is 0.538. The summed E-state index contributed by atoms with van der Waals surface area (Å²) in [5.41, 5.74) is -2.78. The second-order valence-corrected chi connectivity index (χ2v) is 9.72. The minimum atomic E-state index is -1.32. The standard InChI is InChI=1S/C20H35N3O7/c1-18(2,3)29-16(26)22-10-11-23(17(27)30-19(4,5)6)13(12-22)14(24)21-20(7,8)15(25)28-9/h13H,10-12H2,1-9H3,(H,21,24). The number of methoxy groups -OCH3 is 1. The highest BCUT2D eigenvalue weighted by molar-refractivity contribution is 5.92. The molecule has 172 valence electrons. The van der Waals surface area contributed by atoms with E-state index in [-0.39, 0.29) is 19.6 Å². The molecule has 10 nitrogen and oxygen atoms in total. The molecule has 0 bridgehead atoms. The minimum absolute atomic E-state index is 0.0743. The van der Waals surface area contributed by atoms with Crippen LogP contribution in [0.5, 0.6) is 0 Å². The average molecular weight is 430 g/mol. The summed E-state index contributed by atoms with van der Waals surface area (Å²) in [6.45, 7) is 13.5. The van der Waals surface area contributed by atoms with Gasteiger partial charge in [-0.05, 0) is 55.4 Å². The number of esters is 1. The summed E-state index contributed by atoms with van der Waals surface area (Å²) >= 11 is 0. The van der Waals surface area contributed by atoms with Gasteiger partial charge < -0.3 is 24.4 Å². The summed E-state index contributed by atoms with van der Waals surface area (Å²) in [6.07, 6.45) is -1.27. The second-order valence-electron chi connectivity index (χ2n) is 9.72. The third-order valence-corrected chi connectivity index (χ3v) is 4.09. The molecule has 30 heavy (non-hydrogen) atoms. The first-order valence-corrected chi connectivity index (χ1v) is 9.85. The van der Waals surface area contributed by atoms with Crippen molar-refractivity contribution >= 4 is 24.1 Å². The van der Waals surface area contributed by atoms with E-state index in [0.29, 0.717) is 0 Å². The number of carbonyl (C=O) groups is 4. The van der Waals surface area contributed by atoms with E-state index >= 15 is 0 Å². The van der Waals surface area contributed by atoms with Gasteiger partial charge >= 0.3 is 18.2 Å². The zero-order chi connectivity index (χ0) is 23.5. The first-order chi connectivity index (χ1) is 13.5. The van der Waals surface area contributed by atoms with Gasteiger partial charge in [0.2, 0.25) is 5.91 Å². The average Bonchev–Trinajstić information content (AvgIpc) is 2.56. The van der Waals surface area contributed by atoms with Crippen LogP contribution in [0.3, 0.4) is 0 Å². The van der Waals surface area contributed by atoms with E-state index in [9.17, 15) is 19.2 Å². The van der Waals surface area contributed by atoms with E-state index < -0.39 is 46.8 Å². The minimum Gasteiger partial charge on any atom is -0.467 e. The molecule has 0 aromatic heterocycles. The zero-order valence-corrected chi connectivity index (χ0v) is 19.5. The van der Waals surface area contributed by atoms with Crippen molar-refractivity contribution in [2.75, 3.05) is 26.7 Å². The Kier molecular flexibility index (Phi) is 7.73. The third kappa shape index (κ3) is 7.38. The van der Waals surface area contributed by atoms with Crippen LogP contribution in [0.25, 0.3) is 0 Å². The molecule has 0 aliphatic carbocycles. The van der Waals surface area contributed by atoms with Gasteiger partial charge in [-0.15, -0.1) is 0 Å². The fourth-order valence-corrected chi connectivity index (χ4v) is 2.74. The van der Waals surface area contributed by atoms with Crippen LogP contribution in [0, 0.1) is 0 Å². The Labute approximate surface area is 178 Å². The number of nitrogens with one attached hydrogen (secondary N) is 1. The van der Waals surface area contributed by atoms with Crippen molar-refractivity contribution in [2.24, 2.45) is 0 Å². The summed E-state index contributed by atoms with van der Waals surface area (Å²) in [4.78, 5) is 52.8. The highest BCUT2D eigenvalue weighted by Gasteiger charge is 2.42. The fourth-order valence-electron chi connectivity index (χ4n) is 2.74. The Bertz CT molecular complexity index is 677. The van der Waals surface area contributed by atoms with E-state index in [0.717, 1.165) is 0 Å². The molecule has 1 unspecified atom stereocenters. The molecule has 10 heteroatoms. The van der Waals surface area contributed by atoms with Gasteiger partial charge in [-0.3, -0.25) is 9.69 Å². The van der Waals surface area contributed by atoms with Crippen LogP contribution in [0.1, 0.15) is 55.4 Å². The molecule has 0 radical (unpaired) electrons. The van der Waals surface area contributed by atoms with Crippen molar-refractivity contribution < 1.29 is 33.4 Å². The number of amides is 3. The number of hydrogen-bond acceptors (Lipinski definition) is 7. The largest absolute Gasteiger partial charge is 0.467 e. The number of nitrogens with zero attached hydrogens (tertiary/aromatic N) is 2. The Morgan fingerprint density at radius 2 is 1.33 bits per heavy atom. The molecule has 0 spiro atoms. The number of piperazine rings is 1. The maximum absolute atomic E-state index is 13.0. The lowest BCUT2D eigenvalue weighted by Crippen LogP contribution is -2.65. The molecular formula is C20H35N3O7. The second kappa shape index (κ2) is 9.09. The Balaban J connectivity index is 3.10. The van der Waals surface area contributed by atoms with E-state index in [1.54, 1.807) is 41.5 Å². The van der Waals surface area contributed by atoms with Crippen molar-refractivity contribution in [2.45, 2.75) is 78.2 Å². The molecule has 1 rings (SSSR count). The summed E-state index contributed by atoms with van der Waals surface area (Å²) in [6, 6.07) is -1.06. The molecule has 1 aliphatic heterocycles. The topological polar surface area (TPSA) is 114 Å². The van der Waals surface area contributed by atoms with Crippen LogP contribution in [-0.4, -0.2) is 83.4 Å². The van der Waals surface area contributed by atoms with Crippen molar-refractivity contribution in [1.29, 1.82) is 0 Å². The van der Waals surface area contributed by atoms with Gasteiger partial charge in [0.05, 0.1) is 13.7 Å². The van der Waals surface area contributed by atoms with E-state index in [1.807, 2.05) is 0 Å². The van der Waals surface area contributed by atoms with Gasteiger partial charge in [-0.2, -0.15) is 0 Å². The third-order valence-electron chi connectivity index (χ3n) is 4.09. The maximum Gasteiger partial charge on any atom is 0.411 e. The SMILES string of the molecule is COC(=O)C(C)(C)NC(=O)C1CN(C(=O)OC(C)(C)C)CCN1C(=O)OC(C)(C)C. The van der Waals surface area contributed by atoms with Crippen molar-refractivity contribution in [3.05, 3.63) is 0 Å². The molecule has 1 aliphatic rings. The summed E-state index contributed by atoms with van der Waals surface area (Å²) in [7, 11) is 1.22. The summed E-state index contributed by atoms with van der Waals surface area (Å²) in [5, 5.41) is 2.59. The summed E-state index contributed by atoms with van der Waals surface area (Å²) < 4.78 is 15.5. The molecule has 1 heterocycles. The molecule has 0 saturated carbocycles. The smallest absolute Gasteiger partial charge is 0.411 e. The maximum atomic E-state index is 13.0. The number of carbonyl (C=O) groups excluding carboxylic acids is 4. The van der Waals surface area contributed by atoms with Gasteiger partial charge in [0.15, 0.2) is 0 Å². The monoisotopic (exact) mass is 429 g/mol. The van der Waals surface area contributed by atoms with Crippen LogP contribution >= 0.6 is 0 Å². The molecule has 3 amide bonds. The Hall–Kier alpha value is -2.52. The highest BCUT2D eigenvalue weighted by atomic mass is 16.6. The van der Waals surface area contributed by atoms with Gasteiger partial charge in [-0.25, -0.2) is 14.4 Å². The molecule has 1 N–H and O–H groups in total. The molecule has 0 aromatic carbocycles. The van der Waals surface area contributed by atoms with Gasteiger partial charge in [0, 0.05) is 13.1 Å². The van der Waals surface area contributed by atoms with Crippen molar-refractivity contribution in [3.63, 3.8) is 0 Å². The number of rotatable bonds is 3. The number of ether oxygens (including phenoxy) is 3. The van der Waals surface area contributed by atoms with Crippen LogP contribution in [-0.2, 0) is 23.8 Å². The van der Waals surface area contributed by atoms with Crippen molar-refractivity contribution in [3.8, 4) is 0 Å². The normalized spacial score (nSPS) is 17.8.